The van der Waals surface area contributed by atoms with Gasteiger partial charge in [-0.3, -0.25) is 0 Å². The van der Waals surface area contributed by atoms with Crippen molar-refractivity contribution in [3.05, 3.63) is 62.8 Å². The molecule has 98 valence electrons. The maximum absolute atomic E-state index is 13.3. The van der Waals surface area contributed by atoms with E-state index in [0.717, 1.165) is 33.6 Å². The summed E-state index contributed by atoms with van der Waals surface area (Å²) in [6, 6.07) is 10.8. The molecule has 0 radical (unpaired) electrons. The summed E-state index contributed by atoms with van der Waals surface area (Å²) in [5.74, 6) is -0.194. The number of aryl methyl sites for hydroxylation is 1. The van der Waals surface area contributed by atoms with Crippen molar-refractivity contribution in [1.82, 2.24) is 0 Å². The van der Waals surface area contributed by atoms with Gasteiger partial charge in [0.25, 0.3) is 0 Å². The van der Waals surface area contributed by atoms with E-state index in [9.17, 15) is 4.39 Å². The zero-order chi connectivity index (χ0) is 13.4. The van der Waals surface area contributed by atoms with Crippen LogP contribution in [0.15, 0.2) is 40.9 Å². The first kappa shape index (κ1) is 12.9. The fourth-order valence-electron chi connectivity index (χ4n) is 2.51. The molecule has 4 heteroatoms. The quantitative estimate of drug-likeness (QED) is 0.739. The van der Waals surface area contributed by atoms with Crippen LogP contribution >= 0.6 is 27.5 Å². The second kappa shape index (κ2) is 5.14. The van der Waals surface area contributed by atoms with Crippen LogP contribution in [0.1, 0.15) is 23.6 Å². The van der Waals surface area contributed by atoms with Crippen LogP contribution in [0.5, 0.6) is 0 Å². The smallest absolute Gasteiger partial charge is 0.123 e. The van der Waals surface area contributed by atoms with E-state index in [1.54, 1.807) is 12.1 Å². The molecule has 0 aromatic heterocycles. The average Bonchev–Trinajstić information content (AvgIpc) is 2.38. The van der Waals surface area contributed by atoms with E-state index in [2.05, 4.69) is 21.2 Å². The minimum atomic E-state index is -0.194. The molecule has 3 rings (SSSR count). The first-order valence-corrected chi connectivity index (χ1v) is 7.30. The number of halogens is 3. The molecule has 19 heavy (non-hydrogen) atoms. The highest BCUT2D eigenvalue weighted by Crippen LogP contribution is 2.39. The molecule has 0 saturated heterocycles. The highest BCUT2D eigenvalue weighted by Gasteiger charge is 2.21. The number of nitrogens with one attached hydrogen (secondary N) is 1. The standard InChI is InChI=1S/C15H12BrClFN/c16-13-8-11(17)6-10-4-5-14(19-15(10)13)9-2-1-3-12(18)7-9/h1-3,6-8,14,19H,4-5H2. The lowest BCUT2D eigenvalue weighted by molar-refractivity contribution is 0.614. The molecule has 1 aliphatic heterocycles. The van der Waals surface area contributed by atoms with Crippen LogP contribution in [0.4, 0.5) is 10.1 Å². The number of hydrogen-bond donors (Lipinski definition) is 1. The average molecular weight is 341 g/mol. The molecule has 0 saturated carbocycles. The minimum Gasteiger partial charge on any atom is -0.377 e. The van der Waals surface area contributed by atoms with Gasteiger partial charge in [-0.25, -0.2) is 4.39 Å². The van der Waals surface area contributed by atoms with Gasteiger partial charge in [0.15, 0.2) is 0 Å². The second-order valence-electron chi connectivity index (χ2n) is 4.71. The van der Waals surface area contributed by atoms with E-state index < -0.39 is 0 Å². The molecule has 1 nitrogen and oxygen atoms in total. The molecular formula is C15H12BrClFN. The van der Waals surface area contributed by atoms with Crippen molar-refractivity contribution in [1.29, 1.82) is 0 Å². The van der Waals surface area contributed by atoms with Gasteiger partial charge in [0.05, 0.1) is 11.7 Å². The third kappa shape index (κ3) is 2.63. The fourth-order valence-corrected chi connectivity index (χ4v) is 3.49. The number of rotatable bonds is 1. The van der Waals surface area contributed by atoms with Gasteiger partial charge in [-0.15, -0.1) is 0 Å². The molecule has 0 spiro atoms. The molecule has 1 atom stereocenters. The van der Waals surface area contributed by atoms with Crippen LogP contribution in [-0.2, 0) is 6.42 Å². The molecule has 0 aliphatic carbocycles. The van der Waals surface area contributed by atoms with Gasteiger partial charge >= 0.3 is 0 Å². The summed E-state index contributed by atoms with van der Waals surface area (Å²) in [6.45, 7) is 0. The highest BCUT2D eigenvalue weighted by molar-refractivity contribution is 9.10. The summed E-state index contributed by atoms with van der Waals surface area (Å²) in [5.41, 5.74) is 3.24. The van der Waals surface area contributed by atoms with Crippen LogP contribution in [-0.4, -0.2) is 0 Å². The third-order valence-electron chi connectivity index (χ3n) is 3.41. The normalized spacial score (nSPS) is 17.7. The summed E-state index contributed by atoms with van der Waals surface area (Å²) in [7, 11) is 0. The Morgan fingerprint density at radius 1 is 1.26 bits per heavy atom. The van der Waals surface area contributed by atoms with Crippen LogP contribution in [0, 0.1) is 5.82 Å². The fraction of sp³-hybridized carbons (Fsp3) is 0.200. The molecule has 2 aromatic rings. The zero-order valence-electron chi connectivity index (χ0n) is 10.1. The minimum absolute atomic E-state index is 0.140. The van der Waals surface area contributed by atoms with Crippen molar-refractivity contribution in [2.45, 2.75) is 18.9 Å². The van der Waals surface area contributed by atoms with Crippen molar-refractivity contribution >= 4 is 33.2 Å². The zero-order valence-corrected chi connectivity index (χ0v) is 12.4. The summed E-state index contributed by atoms with van der Waals surface area (Å²) in [6.07, 6.45) is 1.87. The van der Waals surface area contributed by atoms with Crippen LogP contribution in [0.25, 0.3) is 0 Å². The van der Waals surface area contributed by atoms with E-state index in [0.29, 0.717) is 0 Å². The largest absolute Gasteiger partial charge is 0.377 e. The van der Waals surface area contributed by atoms with Gasteiger partial charge in [-0.05, 0) is 64.2 Å². The number of hydrogen-bond acceptors (Lipinski definition) is 1. The lowest BCUT2D eigenvalue weighted by atomic mass is 9.93. The highest BCUT2D eigenvalue weighted by atomic mass is 79.9. The number of benzene rings is 2. The van der Waals surface area contributed by atoms with E-state index in [1.165, 1.54) is 11.6 Å². The monoisotopic (exact) mass is 339 g/mol. The lowest BCUT2D eigenvalue weighted by Gasteiger charge is -2.28. The Hall–Kier alpha value is -1.06. The molecule has 1 unspecified atom stereocenters. The van der Waals surface area contributed by atoms with Gasteiger partial charge in [0.2, 0.25) is 0 Å². The van der Waals surface area contributed by atoms with Crippen LogP contribution in [0.2, 0.25) is 5.02 Å². The maximum atomic E-state index is 13.3. The summed E-state index contributed by atoms with van der Waals surface area (Å²) in [5, 5.41) is 4.20. The number of fused-ring (bicyclic) bond motifs is 1. The predicted octanol–water partition coefficient (Wildman–Crippen LogP) is 5.34. The Bertz CT molecular complexity index is 630. The van der Waals surface area contributed by atoms with Gasteiger partial charge in [-0.2, -0.15) is 0 Å². The third-order valence-corrected chi connectivity index (χ3v) is 4.25. The second-order valence-corrected chi connectivity index (χ2v) is 6.00. The van der Waals surface area contributed by atoms with Crippen molar-refractivity contribution in [3.63, 3.8) is 0 Å². The van der Waals surface area contributed by atoms with Crippen molar-refractivity contribution in [2.24, 2.45) is 0 Å². The van der Waals surface area contributed by atoms with Gasteiger partial charge in [0.1, 0.15) is 5.82 Å². The van der Waals surface area contributed by atoms with Gasteiger partial charge < -0.3 is 5.32 Å². The lowest BCUT2D eigenvalue weighted by Crippen LogP contribution is -2.18. The molecule has 1 heterocycles. The predicted molar refractivity (Wildman–Crippen MR) is 80.2 cm³/mol. The van der Waals surface area contributed by atoms with Gasteiger partial charge in [0, 0.05) is 9.50 Å². The van der Waals surface area contributed by atoms with Gasteiger partial charge in [-0.1, -0.05) is 23.7 Å². The van der Waals surface area contributed by atoms with Crippen molar-refractivity contribution in [2.75, 3.05) is 5.32 Å². The topological polar surface area (TPSA) is 12.0 Å². The Labute approximate surface area is 124 Å². The first-order chi connectivity index (χ1) is 9.13. The number of anilines is 1. The maximum Gasteiger partial charge on any atom is 0.123 e. The molecular weight excluding hydrogens is 329 g/mol. The summed E-state index contributed by atoms with van der Waals surface area (Å²) >= 11 is 9.58. The van der Waals surface area contributed by atoms with E-state index in [-0.39, 0.29) is 11.9 Å². The molecule has 1 aliphatic rings. The van der Waals surface area contributed by atoms with E-state index in [4.69, 9.17) is 11.6 Å². The van der Waals surface area contributed by atoms with Crippen LogP contribution in [0.3, 0.4) is 0 Å². The Morgan fingerprint density at radius 3 is 2.89 bits per heavy atom. The van der Waals surface area contributed by atoms with Crippen molar-refractivity contribution in [3.8, 4) is 0 Å². The van der Waals surface area contributed by atoms with Crippen LogP contribution < -0.4 is 5.32 Å². The summed E-state index contributed by atoms with van der Waals surface area (Å²) in [4.78, 5) is 0. The molecule has 1 N–H and O–H groups in total. The Balaban J connectivity index is 1.94. The van der Waals surface area contributed by atoms with E-state index >= 15 is 0 Å². The molecule has 0 amide bonds. The first-order valence-electron chi connectivity index (χ1n) is 6.13. The van der Waals surface area contributed by atoms with E-state index in [1.807, 2.05) is 18.2 Å². The SMILES string of the molecule is Fc1cccc(C2CCc3cc(Cl)cc(Br)c3N2)c1. The Morgan fingerprint density at radius 2 is 2.11 bits per heavy atom. The Kier molecular flexibility index (Phi) is 3.50. The van der Waals surface area contributed by atoms with Crippen molar-refractivity contribution < 1.29 is 4.39 Å². The molecule has 0 fully saturated rings. The summed E-state index contributed by atoms with van der Waals surface area (Å²) < 4.78 is 14.3. The molecule has 0 bridgehead atoms. The molecule has 2 aromatic carbocycles.